The number of amides is 1. The molecule has 0 unspecified atom stereocenters. The van der Waals surface area contributed by atoms with Gasteiger partial charge in [-0.3, -0.25) is 14.5 Å². The SMILES string of the molecule is CC(=O)N[C@H](CC(=O)[C@H](Cc1ccccc1)N(Cc1ccccc1)Cc1ccccc1)Cc1ccccc1. The van der Waals surface area contributed by atoms with Crippen molar-refractivity contribution in [2.75, 3.05) is 0 Å². The highest BCUT2D eigenvalue weighted by atomic mass is 16.1. The molecular formula is C34H36N2O2. The van der Waals surface area contributed by atoms with Crippen LogP contribution in [0, 0.1) is 0 Å². The lowest BCUT2D eigenvalue weighted by Gasteiger charge is -2.32. The summed E-state index contributed by atoms with van der Waals surface area (Å²) >= 11 is 0. The Labute approximate surface area is 226 Å². The van der Waals surface area contributed by atoms with E-state index in [-0.39, 0.29) is 30.2 Å². The molecular weight excluding hydrogens is 468 g/mol. The Balaban J connectivity index is 1.64. The molecule has 38 heavy (non-hydrogen) atoms. The highest BCUT2D eigenvalue weighted by Gasteiger charge is 2.29. The highest BCUT2D eigenvalue weighted by Crippen LogP contribution is 2.20. The van der Waals surface area contributed by atoms with Gasteiger partial charge in [-0.05, 0) is 35.1 Å². The van der Waals surface area contributed by atoms with E-state index in [0.717, 1.165) is 22.3 Å². The number of hydrogen-bond donors (Lipinski definition) is 1. The van der Waals surface area contributed by atoms with E-state index in [9.17, 15) is 9.59 Å². The summed E-state index contributed by atoms with van der Waals surface area (Å²) in [6.07, 6.45) is 1.49. The Morgan fingerprint density at radius 2 is 1.00 bits per heavy atom. The normalized spacial score (nSPS) is 12.6. The second kappa shape index (κ2) is 14.1. The third-order valence-corrected chi connectivity index (χ3v) is 6.72. The molecule has 0 spiro atoms. The molecule has 4 heteroatoms. The van der Waals surface area contributed by atoms with Crippen LogP contribution in [0.15, 0.2) is 121 Å². The van der Waals surface area contributed by atoms with Gasteiger partial charge in [0.25, 0.3) is 0 Å². The summed E-state index contributed by atoms with van der Waals surface area (Å²) in [6, 6.07) is 40.2. The average Bonchev–Trinajstić information content (AvgIpc) is 2.93. The predicted molar refractivity (Wildman–Crippen MR) is 153 cm³/mol. The van der Waals surface area contributed by atoms with Crippen LogP contribution in [0.5, 0.6) is 0 Å². The lowest BCUT2D eigenvalue weighted by Crippen LogP contribution is -2.45. The van der Waals surface area contributed by atoms with Crippen molar-refractivity contribution < 1.29 is 9.59 Å². The van der Waals surface area contributed by atoms with Crippen molar-refractivity contribution in [3.63, 3.8) is 0 Å². The molecule has 2 atom stereocenters. The third kappa shape index (κ3) is 8.53. The maximum atomic E-state index is 14.2. The van der Waals surface area contributed by atoms with Crippen molar-refractivity contribution in [1.82, 2.24) is 10.2 Å². The van der Waals surface area contributed by atoms with Crippen LogP contribution in [0.3, 0.4) is 0 Å². The number of carbonyl (C=O) groups excluding carboxylic acids is 2. The molecule has 4 rings (SSSR count). The van der Waals surface area contributed by atoms with Crippen molar-refractivity contribution in [3.8, 4) is 0 Å². The van der Waals surface area contributed by atoms with E-state index in [1.54, 1.807) is 0 Å². The first-order valence-electron chi connectivity index (χ1n) is 13.3. The topological polar surface area (TPSA) is 49.4 Å². The summed E-state index contributed by atoms with van der Waals surface area (Å²) < 4.78 is 0. The van der Waals surface area contributed by atoms with Crippen LogP contribution < -0.4 is 5.32 Å². The average molecular weight is 505 g/mol. The maximum Gasteiger partial charge on any atom is 0.217 e. The Morgan fingerprint density at radius 1 is 0.605 bits per heavy atom. The van der Waals surface area contributed by atoms with Crippen LogP contribution in [0.25, 0.3) is 0 Å². The smallest absolute Gasteiger partial charge is 0.217 e. The molecule has 0 aliphatic heterocycles. The number of rotatable bonds is 13. The standard InChI is InChI=1S/C34H36N2O2/c1-27(37)35-32(22-28-14-6-2-7-15-28)24-34(38)33(23-29-16-8-3-9-17-29)36(25-30-18-10-4-11-19-30)26-31-20-12-5-13-21-31/h2-21,32-33H,22-26H2,1H3,(H,35,37)/t32-,33-/m0/s1. The first kappa shape index (κ1) is 27.0. The zero-order valence-corrected chi connectivity index (χ0v) is 22.0. The molecule has 0 saturated carbocycles. The number of hydrogen-bond acceptors (Lipinski definition) is 3. The second-order valence-corrected chi connectivity index (χ2v) is 9.84. The molecule has 0 saturated heterocycles. The fourth-order valence-corrected chi connectivity index (χ4v) is 4.94. The molecule has 4 aromatic carbocycles. The van der Waals surface area contributed by atoms with Gasteiger partial charge < -0.3 is 5.32 Å². The number of benzene rings is 4. The van der Waals surface area contributed by atoms with Crippen LogP contribution in [-0.2, 0) is 35.5 Å². The summed E-state index contributed by atoms with van der Waals surface area (Å²) in [5.41, 5.74) is 4.55. The van der Waals surface area contributed by atoms with Gasteiger partial charge in [0.05, 0.1) is 6.04 Å². The molecule has 4 nitrogen and oxygen atoms in total. The first-order valence-corrected chi connectivity index (χ1v) is 13.3. The molecule has 0 bridgehead atoms. The minimum absolute atomic E-state index is 0.122. The molecule has 0 aliphatic rings. The number of ketones is 1. The lowest BCUT2D eigenvalue weighted by atomic mass is 9.93. The molecule has 0 radical (unpaired) electrons. The second-order valence-electron chi connectivity index (χ2n) is 9.84. The van der Waals surface area contributed by atoms with Gasteiger partial charge in [0.15, 0.2) is 5.78 Å². The van der Waals surface area contributed by atoms with Crippen molar-refractivity contribution in [3.05, 3.63) is 144 Å². The van der Waals surface area contributed by atoms with E-state index >= 15 is 0 Å². The zero-order valence-electron chi connectivity index (χ0n) is 22.0. The summed E-state index contributed by atoms with van der Waals surface area (Å²) in [5.74, 6) is 0.0131. The van der Waals surface area contributed by atoms with E-state index in [0.29, 0.717) is 25.9 Å². The Hall–Kier alpha value is -4.02. The Kier molecular flexibility index (Phi) is 10.00. The zero-order chi connectivity index (χ0) is 26.6. The minimum atomic E-state index is -0.343. The predicted octanol–water partition coefficient (Wildman–Crippen LogP) is 6.01. The van der Waals surface area contributed by atoms with E-state index in [1.165, 1.54) is 6.92 Å². The van der Waals surface area contributed by atoms with Crippen LogP contribution in [0.4, 0.5) is 0 Å². The molecule has 0 fully saturated rings. The van der Waals surface area contributed by atoms with Crippen molar-refractivity contribution in [2.24, 2.45) is 0 Å². The van der Waals surface area contributed by atoms with Gasteiger partial charge in [-0.1, -0.05) is 121 Å². The van der Waals surface area contributed by atoms with Gasteiger partial charge in [0.1, 0.15) is 0 Å². The van der Waals surface area contributed by atoms with Crippen molar-refractivity contribution in [2.45, 2.75) is 51.4 Å². The quantitative estimate of drug-likeness (QED) is 0.243. The number of nitrogens with one attached hydrogen (secondary N) is 1. The summed E-state index contributed by atoms with van der Waals surface area (Å²) in [4.78, 5) is 28.5. The van der Waals surface area contributed by atoms with E-state index in [2.05, 4.69) is 46.6 Å². The summed E-state index contributed by atoms with van der Waals surface area (Å²) in [6.45, 7) is 2.83. The maximum absolute atomic E-state index is 14.2. The first-order chi connectivity index (χ1) is 18.6. The molecule has 0 aliphatic carbocycles. The number of carbonyl (C=O) groups is 2. The van der Waals surface area contributed by atoms with Gasteiger partial charge in [0, 0.05) is 32.5 Å². The number of nitrogens with zero attached hydrogens (tertiary/aromatic N) is 1. The van der Waals surface area contributed by atoms with Crippen LogP contribution in [0.1, 0.15) is 35.6 Å². The Morgan fingerprint density at radius 3 is 1.42 bits per heavy atom. The fourth-order valence-electron chi connectivity index (χ4n) is 4.94. The van der Waals surface area contributed by atoms with Gasteiger partial charge in [-0.15, -0.1) is 0 Å². The van der Waals surface area contributed by atoms with Crippen molar-refractivity contribution in [1.29, 1.82) is 0 Å². The molecule has 0 heterocycles. The molecule has 4 aromatic rings. The molecule has 0 aromatic heterocycles. The third-order valence-electron chi connectivity index (χ3n) is 6.72. The molecule has 1 amide bonds. The van der Waals surface area contributed by atoms with Crippen LogP contribution in [-0.4, -0.2) is 28.7 Å². The van der Waals surface area contributed by atoms with Gasteiger partial charge in [0.2, 0.25) is 5.91 Å². The highest BCUT2D eigenvalue weighted by molar-refractivity contribution is 5.85. The van der Waals surface area contributed by atoms with Crippen molar-refractivity contribution >= 4 is 11.7 Å². The van der Waals surface area contributed by atoms with E-state index < -0.39 is 0 Å². The van der Waals surface area contributed by atoms with Gasteiger partial charge in [-0.2, -0.15) is 0 Å². The summed E-state index contributed by atoms with van der Waals surface area (Å²) in [5, 5.41) is 3.04. The minimum Gasteiger partial charge on any atom is -0.353 e. The monoisotopic (exact) mass is 504 g/mol. The molecule has 1 N–H and O–H groups in total. The summed E-state index contributed by atoms with van der Waals surface area (Å²) in [7, 11) is 0. The number of Topliss-reactive ketones (excluding diaryl/α,β-unsaturated/α-hetero) is 1. The van der Waals surface area contributed by atoms with Gasteiger partial charge in [-0.25, -0.2) is 0 Å². The van der Waals surface area contributed by atoms with E-state index in [4.69, 9.17) is 0 Å². The van der Waals surface area contributed by atoms with E-state index in [1.807, 2.05) is 84.9 Å². The van der Waals surface area contributed by atoms with Gasteiger partial charge >= 0.3 is 0 Å². The fraction of sp³-hybridized carbons (Fsp3) is 0.235. The lowest BCUT2D eigenvalue weighted by molar-refractivity contribution is -0.125. The van der Waals surface area contributed by atoms with Crippen LogP contribution >= 0.6 is 0 Å². The Bertz CT molecular complexity index is 1220. The largest absolute Gasteiger partial charge is 0.353 e. The van der Waals surface area contributed by atoms with Crippen LogP contribution in [0.2, 0.25) is 0 Å². The molecule has 194 valence electrons.